The zero-order valence-corrected chi connectivity index (χ0v) is 14.5. The third-order valence-corrected chi connectivity index (χ3v) is 5.70. The first kappa shape index (κ1) is 17.2. The number of likely N-dealkylation sites (tertiary alicyclic amines) is 1. The highest BCUT2D eigenvalue weighted by atomic mass is 16.5. The molecule has 0 amide bonds. The van der Waals surface area contributed by atoms with Gasteiger partial charge in [-0.15, -0.1) is 0 Å². The van der Waals surface area contributed by atoms with Crippen molar-refractivity contribution in [1.82, 2.24) is 10.2 Å². The molecule has 3 nitrogen and oxygen atoms in total. The Bertz CT molecular complexity index is 300. The highest BCUT2D eigenvalue weighted by molar-refractivity contribution is 4.91. The molecule has 0 bridgehead atoms. The summed E-state index contributed by atoms with van der Waals surface area (Å²) in [6, 6.07) is 0. The van der Waals surface area contributed by atoms with Crippen molar-refractivity contribution in [3.8, 4) is 0 Å². The number of rotatable bonds is 6. The van der Waals surface area contributed by atoms with Crippen LogP contribution in [0.2, 0.25) is 0 Å². The molecule has 1 saturated carbocycles. The van der Waals surface area contributed by atoms with Crippen molar-refractivity contribution in [2.24, 2.45) is 5.41 Å². The molecule has 0 spiro atoms. The Hall–Kier alpha value is -0.120. The van der Waals surface area contributed by atoms with Gasteiger partial charge in [-0.3, -0.25) is 4.90 Å². The molecule has 2 aliphatic rings. The Morgan fingerprint density at radius 3 is 2.38 bits per heavy atom. The molecule has 0 aromatic carbocycles. The number of nitrogens with zero attached hydrogens (tertiary/aromatic N) is 1. The van der Waals surface area contributed by atoms with Gasteiger partial charge in [0.1, 0.15) is 0 Å². The molecule has 124 valence electrons. The number of piperidine rings is 1. The maximum atomic E-state index is 5.78. The highest BCUT2D eigenvalue weighted by Crippen LogP contribution is 2.37. The normalized spacial score (nSPS) is 31.0. The van der Waals surface area contributed by atoms with E-state index in [1.54, 1.807) is 0 Å². The van der Waals surface area contributed by atoms with Crippen molar-refractivity contribution in [2.75, 3.05) is 39.8 Å². The van der Waals surface area contributed by atoms with Crippen molar-refractivity contribution in [3.05, 3.63) is 0 Å². The first-order valence-corrected chi connectivity index (χ1v) is 9.10. The lowest BCUT2D eigenvalue weighted by atomic mass is 9.78. The summed E-state index contributed by atoms with van der Waals surface area (Å²) < 4.78 is 5.78. The topological polar surface area (TPSA) is 24.5 Å². The maximum absolute atomic E-state index is 5.78. The summed E-state index contributed by atoms with van der Waals surface area (Å²) >= 11 is 0. The number of ether oxygens (including phenoxy) is 1. The van der Waals surface area contributed by atoms with Crippen LogP contribution in [-0.2, 0) is 4.74 Å². The first-order chi connectivity index (χ1) is 10.1. The van der Waals surface area contributed by atoms with Crippen LogP contribution in [0.15, 0.2) is 0 Å². The predicted molar refractivity (Wildman–Crippen MR) is 89.8 cm³/mol. The van der Waals surface area contributed by atoms with Gasteiger partial charge in [-0.2, -0.15) is 0 Å². The van der Waals surface area contributed by atoms with Gasteiger partial charge in [-0.25, -0.2) is 0 Å². The van der Waals surface area contributed by atoms with Crippen LogP contribution in [0.3, 0.4) is 0 Å². The minimum absolute atomic E-state index is 0.0718. The lowest BCUT2D eigenvalue weighted by Gasteiger charge is -2.44. The first-order valence-electron chi connectivity index (χ1n) is 9.10. The molecule has 0 radical (unpaired) electrons. The highest BCUT2D eigenvalue weighted by Gasteiger charge is 2.37. The van der Waals surface area contributed by atoms with Gasteiger partial charge in [-0.1, -0.05) is 32.6 Å². The molecule has 2 rings (SSSR count). The van der Waals surface area contributed by atoms with E-state index in [1.165, 1.54) is 71.0 Å². The number of hydrogen-bond donors (Lipinski definition) is 1. The third kappa shape index (κ3) is 4.94. The van der Waals surface area contributed by atoms with Crippen LogP contribution in [0.5, 0.6) is 0 Å². The number of nitrogens with one attached hydrogen (secondary N) is 1. The summed E-state index contributed by atoms with van der Waals surface area (Å²) in [4.78, 5) is 2.69. The second kappa shape index (κ2) is 7.94. The van der Waals surface area contributed by atoms with Crippen molar-refractivity contribution in [1.29, 1.82) is 0 Å². The minimum Gasteiger partial charge on any atom is -0.377 e. The lowest BCUT2D eigenvalue weighted by Crippen LogP contribution is -2.52. The molecule has 21 heavy (non-hydrogen) atoms. The predicted octanol–water partition coefficient (Wildman–Crippen LogP) is 3.44. The van der Waals surface area contributed by atoms with E-state index in [-0.39, 0.29) is 5.60 Å². The summed E-state index contributed by atoms with van der Waals surface area (Å²) in [6.45, 7) is 10.4. The van der Waals surface area contributed by atoms with E-state index in [0.29, 0.717) is 5.41 Å². The summed E-state index contributed by atoms with van der Waals surface area (Å²) in [5, 5.41) is 3.65. The maximum Gasteiger partial charge on any atom is 0.0777 e. The van der Waals surface area contributed by atoms with Crippen LogP contribution >= 0.6 is 0 Å². The summed E-state index contributed by atoms with van der Waals surface area (Å²) in [5.41, 5.74) is 0.570. The van der Waals surface area contributed by atoms with Gasteiger partial charge < -0.3 is 10.1 Å². The quantitative estimate of drug-likeness (QED) is 0.760. The van der Waals surface area contributed by atoms with E-state index < -0.39 is 0 Å². The van der Waals surface area contributed by atoms with E-state index in [1.807, 2.05) is 7.11 Å². The summed E-state index contributed by atoms with van der Waals surface area (Å²) in [7, 11) is 1.88. The molecule has 0 aromatic heterocycles. The van der Waals surface area contributed by atoms with Crippen molar-refractivity contribution in [3.63, 3.8) is 0 Å². The largest absolute Gasteiger partial charge is 0.377 e. The lowest BCUT2D eigenvalue weighted by molar-refractivity contribution is -0.0604. The van der Waals surface area contributed by atoms with Gasteiger partial charge >= 0.3 is 0 Å². The van der Waals surface area contributed by atoms with E-state index in [2.05, 4.69) is 24.1 Å². The Labute approximate surface area is 131 Å². The Morgan fingerprint density at radius 1 is 1.05 bits per heavy atom. The number of hydrogen-bond acceptors (Lipinski definition) is 3. The third-order valence-electron chi connectivity index (χ3n) is 5.70. The zero-order valence-electron chi connectivity index (χ0n) is 14.5. The van der Waals surface area contributed by atoms with Gasteiger partial charge in [0.05, 0.1) is 5.60 Å². The molecule has 1 atom stereocenters. The molecule has 1 heterocycles. The van der Waals surface area contributed by atoms with Gasteiger partial charge in [0.2, 0.25) is 0 Å². The summed E-state index contributed by atoms with van der Waals surface area (Å²) in [5.74, 6) is 0. The average Bonchev–Trinajstić information content (AvgIpc) is 2.71. The minimum atomic E-state index is 0.0718. The Balaban J connectivity index is 1.99. The molecule has 3 heteroatoms. The summed E-state index contributed by atoms with van der Waals surface area (Å²) in [6.07, 6.45) is 11.0. The molecule has 1 unspecified atom stereocenters. The average molecular weight is 296 g/mol. The molecular weight excluding hydrogens is 260 g/mol. The van der Waals surface area contributed by atoms with Crippen LogP contribution in [0, 0.1) is 5.41 Å². The molecule has 1 N–H and O–H groups in total. The van der Waals surface area contributed by atoms with E-state index in [4.69, 9.17) is 4.74 Å². The molecule has 0 aromatic rings. The standard InChI is InChI=1S/C18H36N2O/c1-4-19-14-18(11-7-5-6-8-12-18)16-20-13-9-10-17(2,15-20)21-3/h19H,4-16H2,1-3H3. The monoisotopic (exact) mass is 296 g/mol. The Morgan fingerprint density at radius 2 is 1.76 bits per heavy atom. The second-order valence-electron chi connectivity index (χ2n) is 7.66. The van der Waals surface area contributed by atoms with Crippen LogP contribution in [0.25, 0.3) is 0 Å². The smallest absolute Gasteiger partial charge is 0.0777 e. The van der Waals surface area contributed by atoms with E-state index in [0.717, 1.165) is 13.1 Å². The molecular formula is C18H36N2O. The molecule has 1 aliphatic heterocycles. The fourth-order valence-corrected chi connectivity index (χ4v) is 4.34. The fraction of sp³-hybridized carbons (Fsp3) is 1.00. The molecule has 2 fully saturated rings. The van der Waals surface area contributed by atoms with Crippen LogP contribution < -0.4 is 5.32 Å². The van der Waals surface area contributed by atoms with Gasteiger partial charge in [0.15, 0.2) is 0 Å². The zero-order chi connectivity index (χ0) is 15.2. The van der Waals surface area contributed by atoms with Gasteiger partial charge in [-0.05, 0) is 51.1 Å². The van der Waals surface area contributed by atoms with Crippen LogP contribution in [0.4, 0.5) is 0 Å². The van der Waals surface area contributed by atoms with Gasteiger partial charge in [0.25, 0.3) is 0 Å². The van der Waals surface area contributed by atoms with E-state index >= 15 is 0 Å². The SMILES string of the molecule is CCNCC1(CN2CCCC(C)(OC)C2)CCCCCC1. The second-order valence-corrected chi connectivity index (χ2v) is 7.66. The van der Waals surface area contributed by atoms with Crippen LogP contribution in [-0.4, -0.2) is 50.3 Å². The van der Waals surface area contributed by atoms with Crippen molar-refractivity contribution >= 4 is 0 Å². The van der Waals surface area contributed by atoms with E-state index in [9.17, 15) is 0 Å². The van der Waals surface area contributed by atoms with Crippen molar-refractivity contribution < 1.29 is 4.74 Å². The Kier molecular flexibility index (Phi) is 6.51. The van der Waals surface area contributed by atoms with Crippen LogP contribution in [0.1, 0.15) is 65.2 Å². The molecule has 1 aliphatic carbocycles. The number of methoxy groups -OCH3 is 1. The fourth-order valence-electron chi connectivity index (χ4n) is 4.34. The van der Waals surface area contributed by atoms with Gasteiger partial charge in [0, 0.05) is 26.7 Å². The molecule has 1 saturated heterocycles. The van der Waals surface area contributed by atoms with Crippen molar-refractivity contribution in [2.45, 2.75) is 70.8 Å².